The van der Waals surface area contributed by atoms with Gasteiger partial charge in [-0.05, 0) is 50.2 Å². The van der Waals surface area contributed by atoms with Crippen LogP contribution in [0.1, 0.15) is 17.0 Å². The van der Waals surface area contributed by atoms with E-state index in [4.69, 9.17) is 0 Å². The van der Waals surface area contributed by atoms with Gasteiger partial charge in [-0.15, -0.1) is 0 Å². The fourth-order valence-corrected chi connectivity index (χ4v) is 3.96. The summed E-state index contributed by atoms with van der Waals surface area (Å²) in [5, 5.41) is 4.55. The molecule has 2 aromatic carbocycles. The Labute approximate surface area is 152 Å². The van der Waals surface area contributed by atoms with Crippen LogP contribution >= 0.6 is 0 Å². The summed E-state index contributed by atoms with van der Waals surface area (Å²) in [7, 11) is -2.20. The molecule has 0 aliphatic rings. The molecule has 1 heterocycles. The number of rotatable bonds is 5. The Kier molecular flexibility index (Phi) is 4.93. The van der Waals surface area contributed by atoms with Crippen LogP contribution in [0, 0.1) is 19.7 Å². The predicted molar refractivity (Wildman–Crippen MR) is 98.1 cm³/mol. The number of aryl methyl sites for hydroxylation is 1. The standard InChI is InChI=1S/C19H20FN3O2S/c1-14-19(15(2)23(21-14)17-7-5-4-6-8-17)13-22(3)26(24,25)18-11-9-16(20)10-12-18/h4-12H,13H2,1-3H3. The zero-order chi connectivity index (χ0) is 18.9. The van der Waals surface area contributed by atoms with Crippen LogP contribution in [0.3, 0.4) is 0 Å². The largest absolute Gasteiger partial charge is 0.243 e. The zero-order valence-corrected chi connectivity index (χ0v) is 15.7. The maximum absolute atomic E-state index is 13.1. The van der Waals surface area contributed by atoms with Crippen molar-refractivity contribution >= 4 is 10.0 Å². The Bertz CT molecular complexity index is 1010. The van der Waals surface area contributed by atoms with E-state index in [0.29, 0.717) is 0 Å². The van der Waals surface area contributed by atoms with Crippen molar-refractivity contribution in [3.8, 4) is 5.69 Å². The van der Waals surface area contributed by atoms with Gasteiger partial charge in [0.2, 0.25) is 10.0 Å². The Balaban J connectivity index is 1.91. The monoisotopic (exact) mass is 373 g/mol. The molecule has 0 saturated carbocycles. The normalized spacial score (nSPS) is 11.9. The van der Waals surface area contributed by atoms with E-state index in [-0.39, 0.29) is 11.4 Å². The molecule has 0 aliphatic heterocycles. The minimum absolute atomic E-state index is 0.0622. The molecule has 0 amide bonds. The summed E-state index contributed by atoms with van der Waals surface area (Å²) < 4.78 is 41.6. The van der Waals surface area contributed by atoms with Crippen molar-refractivity contribution in [2.75, 3.05) is 7.05 Å². The fraction of sp³-hybridized carbons (Fsp3) is 0.211. The second kappa shape index (κ2) is 7.01. The Morgan fingerprint density at radius 2 is 1.65 bits per heavy atom. The van der Waals surface area contributed by atoms with Gasteiger partial charge in [0.15, 0.2) is 0 Å². The number of hydrogen-bond donors (Lipinski definition) is 0. The highest BCUT2D eigenvalue weighted by atomic mass is 32.2. The van der Waals surface area contributed by atoms with Crippen LogP contribution in [0.4, 0.5) is 4.39 Å². The molecule has 26 heavy (non-hydrogen) atoms. The third-order valence-electron chi connectivity index (χ3n) is 4.34. The molecule has 3 rings (SSSR count). The molecule has 0 unspecified atom stereocenters. The lowest BCUT2D eigenvalue weighted by atomic mass is 10.2. The second-order valence-electron chi connectivity index (χ2n) is 6.11. The van der Waals surface area contributed by atoms with E-state index in [2.05, 4.69) is 5.10 Å². The van der Waals surface area contributed by atoms with Crippen LogP contribution in [0.15, 0.2) is 59.5 Å². The molecule has 0 atom stereocenters. The summed E-state index contributed by atoms with van der Waals surface area (Å²) in [4.78, 5) is 0.0622. The third kappa shape index (κ3) is 3.40. The Hall–Kier alpha value is -2.51. The van der Waals surface area contributed by atoms with Gasteiger partial charge >= 0.3 is 0 Å². The zero-order valence-electron chi connectivity index (χ0n) is 14.8. The van der Waals surface area contributed by atoms with Crippen molar-refractivity contribution in [1.82, 2.24) is 14.1 Å². The molecular formula is C19H20FN3O2S. The van der Waals surface area contributed by atoms with Crippen LogP contribution in [-0.2, 0) is 16.6 Å². The van der Waals surface area contributed by atoms with Crippen molar-refractivity contribution in [3.05, 3.63) is 77.4 Å². The molecule has 0 bridgehead atoms. The van der Waals surface area contributed by atoms with E-state index in [1.807, 2.05) is 48.9 Å². The Morgan fingerprint density at radius 1 is 1.04 bits per heavy atom. The lowest BCUT2D eigenvalue weighted by Gasteiger charge is -2.17. The molecule has 0 N–H and O–H groups in total. The summed E-state index contributed by atoms with van der Waals surface area (Å²) in [5.41, 5.74) is 3.42. The smallest absolute Gasteiger partial charge is 0.238 e. The number of aromatic nitrogens is 2. The second-order valence-corrected chi connectivity index (χ2v) is 8.16. The van der Waals surface area contributed by atoms with Gasteiger partial charge in [0.05, 0.1) is 16.3 Å². The van der Waals surface area contributed by atoms with Crippen LogP contribution < -0.4 is 0 Å². The van der Waals surface area contributed by atoms with Crippen molar-refractivity contribution < 1.29 is 12.8 Å². The summed E-state index contributed by atoms with van der Waals surface area (Å²) in [6.07, 6.45) is 0. The van der Waals surface area contributed by atoms with Crippen molar-refractivity contribution in [2.24, 2.45) is 0 Å². The van der Waals surface area contributed by atoms with Gasteiger partial charge < -0.3 is 0 Å². The topological polar surface area (TPSA) is 55.2 Å². The molecule has 0 radical (unpaired) electrons. The number of benzene rings is 2. The average Bonchev–Trinajstić information content (AvgIpc) is 2.91. The number of para-hydroxylation sites is 1. The molecule has 0 spiro atoms. The number of halogens is 1. The van der Waals surface area contributed by atoms with Gasteiger partial charge in [0.1, 0.15) is 5.82 Å². The Morgan fingerprint density at radius 3 is 2.27 bits per heavy atom. The fourth-order valence-electron chi connectivity index (χ4n) is 2.82. The lowest BCUT2D eigenvalue weighted by Crippen LogP contribution is -2.27. The average molecular weight is 373 g/mol. The van der Waals surface area contributed by atoms with E-state index >= 15 is 0 Å². The summed E-state index contributed by atoms with van der Waals surface area (Å²) in [5.74, 6) is -0.470. The molecule has 0 saturated heterocycles. The lowest BCUT2D eigenvalue weighted by molar-refractivity contribution is 0.465. The van der Waals surface area contributed by atoms with Gasteiger partial charge in [-0.25, -0.2) is 17.5 Å². The van der Waals surface area contributed by atoms with Crippen molar-refractivity contribution in [1.29, 1.82) is 0 Å². The quantitative estimate of drug-likeness (QED) is 0.688. The van der Waals surface area contributed by atoms with Crippen LogP contribution in [0.5, 0.6) is 0 Å². The van der Waals surface area contributed by atoms with E-state index in [9.17, 15) is 12.8 Å². The highest BCUT2D eigenvalue weighted by molar-refractivity contribution is 7.89. The highest BCUT2D eigenvalue weighted by Crippen LogP contribution is 2.22. The van der Waals surface area contributed by atoms with E-state index in [0.717, 1.165) is 34.8 Å². The van der Waals surface area contributed by atoms with Crippen LogP contribution in [0.25, 0.3) is 5.69 Å². The molecular weight excluding hydrogens is 353 g/mol. The maximum atomic E-state index is 13.1. The van der Waals surface area contributed by atoms with E-state index < -0.39 is 15.8 Å². The number of sulfonamides is 1. The highest BCUT2D eigenvalue weighted by Gasteiger charge is 2.24. The van der Waals surface area contributed by atoms with Crippen molar-refractivity contribution in [2.45, 2.75) is 25.3 Å². The molecule has 1 aromatic heterocycles. The molecule has 0 fully saturated rings. The van der Waals surface area contributed by atoms with Gasteiger partial charge in [-0.3, -0.25) is 0 Å². The minimum atomic E-state index is -3.71. The number of hydrogen-bond acceptors (Lipinski definition) is 3. The van der Waals surface area contributed by atoms with Gasteiger partial charge in [-0.1, -0.05) is 18.2 Å². The summed E-state index contributed by atoms with van der Waals surface area (Å²) >= 11 is 0. The van der Waals surface area contributed by atoms with Crippen LogP contribution in [-0.4, -0.2) is 29.6 Å². The first-order valence-electron chi connectivity index (χ1n) is 8.13. The predicted octanol–water partition coefficient (Wildman–Crippen LogP) is 3.45. The van der Waals surface area contributed by atoms with E-state index in [1.165, 1.54) is 23.5 Å². The van der Waals surface area contributed by atoms with E-state index in [1.54, 1.807) is 0 Å². The molecule has 136 valence electrons. The summed E-state index contributed by atoms with van der Waals surface area (Å²) in [6, 6.07) is 14.5. The number of nitrogens with zero attached hydrogens (tertiary/aromatic N) is 3. The summed E-state index contributed by atoms with van der Waals surface area (Å²) in [6.45, 7) is 3.96. The van der Waals surface area contributed by atoms with Gasteiger partial charge in [0.25, 0.3) is 0 Å². The van der Waals surface area contributed by atoms with Gasteiger partial charge in [0, 0.05) is 24.8 Å². The molecule has 0 aliphatic carbocycles. The molecule has 5 nitrogen and oxygen atoms in total. The first-order chi connectivity index (χ1) is 12.3. The SMILES string of the molecule is Cc1nn(-c2ccccc2)c(C)c1CN(C)S(=O)(=O)c1ccc(F)cc1. The molecule has 7 heteroatoms. The van der Waals surface area contributed by atoms with Crippen molar-refractivity contribution in [3.63, 3.8) is 0 Å². The third-order valence-corrected chi connectivity index (χ3v) is 6.16. The first kappa shape index (κ1) is 18.3. The van der Waals surface area contributed by atoms with Gasteiger partial charge in [-0.2, -0.15) is 9.40 Å². The minimum Gasteiger partial charge on any atom is -0.238 e. The first-order valence-corrected chi connectivity index (χ1v) is 9.57. The maximum Gasteiger partial charge on any atom is 0.243 e. The van der Waals surface area contributed by atoms with Crippen LogP contribution in [0.2, 0.25) is 0 Å². The molecule has 3 aromatic rings.